The number of aromatic nitrogens is 1. The Hall–Kier alpha value is -2.80. The molecular formula is C18H17N3O3S. The zero-order valence-corrected chi connectivity index (χ0v) is 15.0. The second kappa shape index (κ2) is 6.60. The van der Waals surface area contributed by atoms with E-state index in [-0.39, 0.29) is 11.6 Å². The highest BCUT2D eigenvalue weighted by molar-refractivity contribution is 7.16. The van der Waals surface area contributed by atoms with E-state index >= 15 is 0 Å². The fraction of sp³-hybridized carbons (Fsp3) is 0.222. The number of nitro benzene ring substituents is 1. The van der Waals surface area contributed by atoms with Crippen LogP contribution in [0.4, 0.5) is 5.69 Å². The van der Waals surface area contributed by atoms with Crippen LogP contribution >= 0.6 is 11.3 Å². The molecule has 6 nitrogen and oxygen atoms in total. The average Bonchev–Trinajstić information content (AvgIpc) is 2.92. The van der Waals surface area contributed by atoms with Crippen LogP contribution < -0.4 is 4.80 Å². The summed E-state index contributed by atoms with van der Waals surface area (Å²) in [5.74, 6) is -0.301. The van der Waals surface area contributed by atoms with Crippen molar-refractivity contribution in [2.24, 2.45) is 4.99 Å². The van der Waals surface area contributed by atoms with E-state index in [0.717, 1.165) is 21.3 Å². The van der Waals surface area contributed by atoms with Gasteiger partial charge in [0.1, 0.15) is 0 Å². The molecule has 128 valence electrons. The lowest BCUT2D eigenvalue weighted by Gasteiger charge is -2.03. The van der Waals surface area contributed by atoms with Gasteiger partial charge in [-0.05, 0) is 38.5 Å². The van der Waals surface area contributed by atoms with Crippen LogP contribution in [0.1, 0.15) is 28.4 Å². The molecule has 0 aliphatic rings. The molecule has 1 heterocycles. The molecule has 0 fully saturated rings. The number of non-ortho nitro benzene ring substituents is 1. The van der Waals surface area contributed by atoms with E-state index in [2.05, 4.69) is 4.99 Å². The van der Waals surface area contributed by atoms with Crippen molar-refractivity contribution in [2.45, 2.75) is 27.3 Å². The first-order valence-electron chi connectivity index (χ1n) is 7.84. The molecule has 0 bridgehead atoms. The van der Waals surface area contributed by atoms with Crippen molar-refractivity contribution in [3.8, 4) is 0 Å². The van der Waals surface area contributed by atoms with Gasteiger partial charge in [-0.2, -0.15) is 4.99 Å². The SMILES string of the molecule is CCn1c(=NC(=O)c2cc(C)ccc2C)sc2cc([N+](=O)[O-])ccc21. The normalized spacial score (nSPS) is 11.9. The van der Waals surface area contributed by atoms with E-state index in [9.17, 15) is 14.9 Å². The fourth-order valence-corrected chi connectivity index (χ4v) is 3.81. The summed E-state index contributed by atoms with van der Waals surface area (Å²) < 4.78 is 2.64. The summed E-state index contributed by atoms with van der Waals surface area (Å²) in [6.07, 6.45) is 0. The van der Waals surface area contributed by atoms with Gasteiger partial charge in [0.25, 0.3) is 11.6 Å². The van der Waals surface area contributed by atoms with Crippen molar-refractivity contribution >= 4 is 33.1 Å². The lowest BCUT2D eigenvalue weighted by molar-refractivity contribution is -0.384. The molecule has 0 saturated carbocycles. The predicted molar refractivity (Wildman–Crippen MR) is 98.0 cm³/mol. The van der Waals surface area contributed by atoms with E-state index in [1.165, 1.54) is 23.5 Å². The Morgan fingerprint density at radius 3 is 2.68 bits per heavy atom. The number of amides is 1. The van der Waals surface area contributed by atoms with E-state index in [1.807, 2.05) is 43.5 Å². The van der Waals surface area contributed by atoms with Gasteiger partial charge in [0.2, 0.25) is 0 Å². The first kappa shape index (κ1) is 17.0. The molecule has 2 aromatic carbocycles. The van der Waals surface area contributed by atoms with Crippen molar-refractivity contribution in [3.05, 3.63) is 68.0 Å². The molecule has 0 spiro atoms. The molecule has 3 rings (SSSR count). The number of hydrogen-bond donors (Lipinski definition) is 0. The van der Waals surface area contributed by atoms with Crippen LogP contribution in [-0.2, 0) is 6.54 Å². The van der Waals surface area contributed by atoms with Gasteiger partial charge in [0, 0.05) is 24.2 Å². The number of nitro groups is 1. The molecule has 0 aliphatic heterocycles. The van der Waals surface area contributed by atoms with E-state index in [0.29, 0.717) is 16.9 Å². The molecule has 25 heavy (non-hydrogen) atoms. The third kappa shape index (κ3) is 3.23. The van der Waals surface area contributed by atoms with Crippen LogP contribution in [0.3, 0.4) is 0 Å². The van der Waals surface area contributed by atoms with Crippen molar-refractivity contribution in [3.63, 3.8) is 0 Å². The maximum absolute atomic E-state index is 12.6. The quantitative estimate of drug-likeness (QED) is 0.526. The molecule has 1 amide bonds. The first-order valence-corrected chi connectivity index (χ1v) is 8.66. The molecule has 0 aliphatic carbocycles. The van der Waals surface area contributed by atoms with E-state index in [1.54, 1.807) is 6.07 Å². The minimum Gasteiger partial charge on any atom is -0.317 e. The van der Waals surface area contributed by atoms with Crippen molar-refractivity contribution in [1.82, 2.24) is 4.57 Å². The van der Waals surface area contributed by atoms with Gasteiger partial charge in [0.15, 0.2) is 4.80 Å². The second-order valence-corrected chi connectivity index (χ2v) is 6.78. The van der Waals surface area contributed by atoms with Crippen LogP contribution in [0.5, 0.6) is 0 Å². The highest BCUT2D eigenvalue weighted by atomic mass is 32.1. The van der Waals surface area contributed by atoms with Crippen LogP contribution in [0, 0.1) is 24.0 Å². The Kier molecular flexibility index (Phi) is 4.50. The van der Waals surface area contributed by atoms with Gasteiger partial charge in [-0.25, -0.2) is 0 Å². The summed E-state index contributed by atoms with van der Waals surface area (Å²) in [5, 5.41) is 11.0. The van der Waals surface area contributed by atoms with Gasteiger partial charge < -0.3 is 4.57 Å². The third-order valence-electron chi connectivity index (χ3n) is 4.01. The molecule has 3 aromatic rings. The molecule has 0 atom stereocenters. The molecule has 0 saturated heterocycles. The monoisotopic (exact) mass is 355 g/mol. The number of thiazole rings is 1. The van der Waals surface area contributed by atoms with Crippen molar-refractivity contribution < 1.29 is 9.72 Å². The maximum Gasteiger partial charge on any atom is 0.279 e. The Morgan fingerprint density at radius 1 is 1.24 bits per heavy atom. The lowest BCUT2D eigenvalue weighted by Crippen LogP contribution is -2.16. The highest BCUT2D eigenvalue weighted by Crippen LogP contribution is 2.23. The Labute approximate surface area is 148 Å². The number of benzene rings is 2. The third-order valence-corrected chi connectivity index (χ3v) is 5.06. The van der Waals surface area contributed by atoms with Crippen LogP contribution in [0.25, 0.3) is 10.2 Å². The molecule has 0 radical (unpaired) electrons. The summed E-state index contributed by atoms with van der Waals surface area (Å²) in [5.41, 5.74) is 3.32. The van der Waals surface area contributed by atoms with Crippen LogP contribution in [0.2, 0.25) is 0 Å². The minimum absolute atomic E-state index is 0.0319. The number of nitrogens with zero attached hydrogens (tertiary/aromatic N) is 3. The number of rotatable bonds is 3. The number of fused-ring (bicyclic) bond motifs is 1. The van der Waals surface area contributed by atoms with Crippen LogP contribution in [-0.4, -0.2) is 15.4 Å². The Balaban J connectivity index is 2.16. The summed E-state index contributed by atoms with van der Waals surface area (Å²) in [6, 6.07) is 10.4. The zero-order chi connectivity index (χ0) is 18.1. The van der Waals surface area contributed by atoms with Crippen molar-refractivity contribution in [2.75, 3.05) is 0 Å². The Bertz CT molecular complexity index is 1060. The molecule has 1 aromatic heterocycles. The average molecular weight is 355 g/mol. The highest BCUT2D eigenvalue weighted by Gasteiger charge is 2.13. The fourth-order valence-electron chi connectivity index (χ4n) is 2.68. The number of carbonyl (C=O) groups excluding carboxylic acids is 1. The van der Waals surface area contributed by atoms with E-state index in [4.69, 9.17) is 0 Å². The van der Waals surface area contributed by atoms with Crippen molar-refractivity contribution in [1.29, 1.82) is 0 Å². The van der Waals surface area contributed by atoms with Gasteiger partial charge in [-0.3, -0.25) is 14.9 Å². The summed E-state index contributed by atoms with van der Waals surface area (Å²) in [6.45, 7) is 6.39. The minimum atomic E-state index is -0.423. The standard InChI is InChI=1S/C18H17N3O3S/c1-4-20-15-8-7-13(21(23)24)10-16(15)25-18(20)19-17(22)14-9-11(2)5-6-12(14)3/h5-10H,4H2,1-3H3. The van der Waals surface area contributed by atoms with Gasteiger partial charge in [-0.1, -0.05) is 29.0 Å². The van der Waals surface area contributed by atoms with Gasteiger partial charge in [-0.15, -0.1) is 0 Å². The lowest BCUT2D eigenvalue weighted by atomic mass is 10.1. The molecule has 0 N–H and O–H groups in total. The second-order valence-electron chi connectivity index (χ2n) is 5.77. The Morgan fingerprint density at radius 2 is 2.00 bits per heavy atom. The molecular weight excluding hydrogens is 338 g/mol. The van der Waals surface area contributed by atoms with Gasteiger partial charge in [0.05, 0.1) is 15.1 Å². The summed E-state index contributed by atoms with van der Waals surface area (Å²) in [7, 11) is 0. The number of hydrogen-bond acceptors (Lipinski definition) is 4. The topological polar surface area (TPSA) is 77.5 Å². The molecule has 0 unspecified atom stereocenters. The number of carbonyl (C=O) groups is 1. The maximum atomic E-state index is 12.6. The smallest absolute Gasteiger partial charge is 0.279 e. The molecule has 7 heteroatoms. The zero-order valence-electron chi connectivity index (χ0n) is 14.1. The van der Waals surface area contributed by atoms with E-state index < -0.39 is 4.92 Å². The summed E-state index contributed by atoms with van der Waals surface area (Å²) >= 11 is 1.28. The number of aryl methyl sites for hydroxylation is 3. The first-order chi connectivity index (χ1) is 11.9. The summed E-state index contributed by atoms with van der Waals surface area (Å²) in [4.78, 5) is 28.0. The largest absolute Gasteiger partial charge is 0.317 e. The van der Waals surface area contributed by atoms with Gasteiger partial charge >= 0.3 is 0 Å². The van der Waals surface area contributed by atoms with Crippen LogP contribution in [0.15, 0.2) is 41.4 Å². The predicted octanol–water partition coefficient (Wildman–Crippen LogP) is 3.99.